The van der Waals surface area contributed by atoms with Gasteiger partial charge < -0.3 is 20.6 Å². The van der Waals surface area contributed by atoms with Crippen LogP contribution in [0.1, 0.15) is 50.6 Å². The summed E-state index contributed by atoms with van der Waals surface area (Å²) in [6.45, 7) is 3.74. The molecule has 2 aliphatic carbocycles. The molecule has 3 aromatic rings. The smallest absolute Gasteiger partial charge is 0.191 e. The number of anilines is 1. The Hall–Kier alpha value is -2.27. The Labute approximate surface area is 196 Å². The molecule has 2 aromatic heterocycles. The van der Waals surface area contributed by atoms with Crippen molar-refractivity contribution in [3.8, 4) is 0 Å². The molecule has 0 amide bonds. The highest BCUT2D eigenvalue weighted by atomic mass is 32.2. The molecule has 10 heteroatoms. The average molecular weight is 471 g/mol. The van der Waals surface area contributed by atoms with Gasteiger partial charge in [-0.3, -0.25) is 0 Å². The lowest BCUT2D eigenvalue weighted by molar-refractivity contribution is -0.0221. The van der Waals surface area contributed by atoms with Crippen LogP contribution in [0.2, 0.25) is 0 Å². The van der Waals surface area contributed by atoms with Crippen molar-refractivity contribution in [2.75, 3.05) is 11.1 Å². The van der Waals surface area contributed by atoms with Gasteiger partial charge in [0, 0.05) is 23.6 Å². The van der Waals surface area contributed by atoms with Crippen molar-refractivity contribution in [2.45, 2.75) is 74.6 Å². The molecule has 176 valence electrons. The Morgan fingerprint density at radius 3 is 2.64 bits per heavy atom. The van der Waals surface area contributed by atoms with Crippen LogP contribution in [-0.4, -0.2) is 70.4 Å². The van der Waals surface area contributed by atoms with Gasteiger partial charge in [0.1, 0.15) is 6.10 Å². The van der Waals surface area contributed by atoms with Gasteiger partial charge in [0.25, 0.3) is 0 Å². The largest absolute Gasteiger partial charge is 0.393 e. The van der Waals surface area contributed by atoms with Gasteiger partial charge in [0.05, 0.1) is 18.2 Å². The standard InChI is InChI=1S/C23H30N6O3S/c1-3-9-33-23-25-21(24-16-10-15(16)13-7-5-4-6-8-13)18-22(26-23)29(28-27-18)17-11-14(12(2)30)19(31)20(17)32/h4-8,12,14-17,19-20,30-32H,3,9-11H2,1-2H3,(H,24,25,26)/t12?,14-,15?,16?,17-,19-,20+/m0/s1. The molecule has 2 saturated carbocycles. The van der Waals surface area contributed by atoms with E-state index in [1.807, 2.05) is 6.07 Å². The number of aliphatic hydroxyl groups is 3. The van der Waals surface area contributed by atoms with Crippen LogP contribution in [0, 0.1) is 5.92 Å². The van der Waals surface area contributed by atoms with Crippen LogP contribution in [0.4, 0.5) is 5.82 Å². The topological polar surface area (TPSA) is 129 Å². The van der Waals surface area contributed by atoms with Gasteiger partial charge in [-0.25, -0.2) is 14.6 Å². The van der Waals surface area contributed by atoms with E-state index in [0.29, 0.717) is 34.5 Å². The van der Waals surface area contributed by atoms with E-state index in [2.05, 4.69) is 46.8 Å². The molecule has 33 heavy (non-hydrogen) atoms. The number of thioether (sulfide) groups is 1. The van der Waals surface area contributed by atoms with Crippen LogP contribution in [0.5, 0.6) is 0 Å². The molecule has 7 atom stereocenters. The van der Waals surface area contributed by atoms with Crippen LogP contribution in [0.15, 0.2) is 35.5 Å². The zero-order chi connectivity index (χ0) is 23.1. The van der Waals surface area contributed by atoms with Gasteiger partial charge in [0.2, 0.25) is 0 Å². The molecule has 2 fully saturated rings. The maximum Gasteiger partial charge on any atom is 0.191 e. The Balaban J connectivity index is 1.47. The highest BCUT2D eigenvalue weighted by Gasteiger charge is 2.46. The van der Waals surface area contributed by atoms with E-state index in [4.69, 9.17) is 9.97 Å². The Morgan fingerprint density at radius 2 is 1.94 bits per heavy atom. The summed E-state index contributed by atoms with van der Waals surface area (Å²) in [5.74, 6) is 1.53. The van der Waals surface area contributed by atoms with Crippen molar-refractivity contribution < 1.29 is 15.3 Å². The summed E-state index contributed by atoms with van der Waals surface area (Å²) in [6.07, 6.45) is -0.415. The van der Waals surface area contributed by atoms with Gasteiger partial charge in [-0.2, -0.15) is 0 Å². The van der Waals surface area contributed by atoms with Gasteiger partial charge in [0.15, 0.2) is 22.1 Å². The predicted octanol–water partition coefficient (Wildman–Crippen LogP) is 2.35. The fourth-order valence-electron chi connectivity index (χ4n) is 4.76. The first-order valence-electron chi connectivity index (χ1n) is 11.6. The number of aromatic nitrogens is 5. The third-order valence-corrected chi connectivity index (χ3v) is 7.76. The maximum atomic E-state index is 10.7. The zero-order valence-corrected chi connectivity index (χ0v) is 19.6. The molecule has 3 unspecified atom stereocenters. The van der Waals surface area contributed by atoms with Gasteiger partial charge in [-0.1, -0.05) is 54.2 Å². The molecule has 2 aliphatic rings. The second-order valence-electron chi connectivity index (χ2n) is 9.10. The van der Waals surface area contributed by atoms with E-state index in [0.717, 1.165) is 18.6 Å². The van der Waals surface area contributed by atoms with Crippen molar-refractivity contribution in [1.82, 2.24) is 25.0 Å². The highest BCUT2D eigenvalue weighted by Crippen LogP contribution is 2.44. The molecule has 9 nitrogen and oxygen atoms in total. The van der Waals surface area contributed by atoms with Crippen molar-refractivity contribution in [3.63, 3.8) is 0 Å². The second kappa shape index (κ2) is 9.17. The molecule has 0 aliphatic heterocycles. The normalized spacial score (nSPS) is 30.0. The highest BCUT2D eigenvalue weighted by molar-refractivity contribution is 7.99. The van der Waals surface area contributed by atoms with E-state index >= 15 is 0 Å². The fraction of sp³-hybridized carbons (Fsp3) is 0.565. The number of nitrogens with zero attached hydrogens (tertiary/aromatic N) is 5. The summed E-state index contributed by atoms with van der Waals surface area (Å²) in [5, 5.41) is 44.0. The first-order chi connectivity index (χ1) is 16.0. The van der Waals surface area contributed by atoms with Crippen molar-refractivity contribution in [1.29, 1.82) is 0 Å². The molecule has 5 rings (SSSR count). The van der Waals surface area contributed by atoms with Crippen LogP contribution in [0.3, 0.4) is 0 Å². The minimum absolute atomic E-state index is 0.262. The summed E-state index contributed by atoms with van der Waals surface area (Å²) in [5.41, 5.74) is 2.39. The van der Waals surface area contributed by atoms with Crippen molar-refractivity contribution >= 4 is 28.7 Å². The SMILES string of the molecule is CCCSc1nc(NC2CC2c2ccccc2)c2nnn([C@H]3C[C@@H](C(C)O)[C@H](O)[C@@H]3O)c2n1. The van der Waals surface area contributed by atoms with E-state index in [-0.39, 0.29) is 6.04 Å². The van der Waals surface area contributed by atoms with E-state index < -0.39 is 30.3 Å². The molecule has 0 radical (unpaired) electrons. The van der Waals surface area contributed by atoms with Gasteiger partial charge >= 0.3 is 0 Å². The van der Waals surface area contributed by atoms with Crippen LogP contribution in [0.25, 0.3) is 11.2 Å². The summed E-state index contributed by atoms with van der Waals surface area (Å²) >= 11 is 1.57. The number of hydrogen-bond acceptors (Lipinski definition) is 9. The predicted molar refractivity (Wildman–Crippen MR) is 126 cm³/mol. The Morgan fingerprint density at radius 1 is 1.15 bits per heavy atom. The van der Waals surface area contributed by atoms with Crippen molar-refractivity contribution in [3.05, 3.63) is 35.9 Å². The number of benzene rings is 1. The molecule has 0 saturated heterocycles. The van der Waals surface area contributed by atoms with E-state index in [1.54, 1.807) is 23.4 Å². The fourth-order valence-corrected chi connectivity index (χ4v) is 5.45. The summed E-state index contributed by atoms with van der Waals surface area (Å²) in [4.78, 5) is 9.44. The third-order valence-electron chi connectivity index (χ3n) is 6.71. The molecule has 4 N–H and O–H groups in total. The lowest BCUT2D eigenvalue weighted by Gasteiger charge is -2.18. The molecule has 1 aromatic carbocycles. The van der Waals surface area contributed by atoms with E-state index in [1.165, 1.54) is 5.56 Å². The molecule has 0 spiro atoms. The van der Waals surface area contributed by atoms with Crippen LogP contribution >= 0.6 is 11.8 Å². The average Bonchev–Trinajstić information content (AvgIpc) is 3.35. The molecular formula is C23H30N6O3S. The molecule has 0 bridgehead atoms. The van der Waals surface area contributed by atoms with Crippen LogP contribution in [-0.2, 0) is 0 Å². The number of fused-ring (bicyclic) bond motifs is 1. The lowest BCUT2D eigenvalue weighted by Crippen LogP contribution is -2.33. The van der Waals surface area contributed by atoms with Crippen molar-refractivity contribution in [2.24, 2.45) is 5.92 Å². The van der Waals surface area contributed by atoms with Gasteiger partial charge in [-0.15, -0.1) is 5.10 Å². The molecular weight excluding hydrogens is 440 g/mol. The zero-order valence-electron chi connectivity index (χ0n) is 18.7. The monoisotopic (exact) mass is 470 g/mol. The number of hydrogen-bond donors (Lipinski definition) is 4. The summed E-state index contributed by atoms with van der Waals surface area (Å²) in [6, 6.07) is 10.2. The molecule has 2 heterocycles. The van der Waals surface area contributed by atoms with Gasteiger partial charge in [-0.05, 0) is 31.7 Å². The number of aliphatic hydroxyl groups excluding tert-OH is 3. The lowest BCUT2D eigenvalue weighted by atomic mass is 10.00. The third kappa shape index (κ3) is 4.32. The Bertz CT molecular complexity index is 1110. The summed E-state index contributed by atoms with van der Waals surface area (Å²) < 4.78 is 1.59. The minimum atomic E-state index is -1.06. The van der Waals surface area contributed by atoms with E-state index in [9.17, 15) is 15.3 Å². The first-order valence-corrected chi connectivity index (χ1v) is 12.6. The quantitative estimate of drug-likeness (QED) is 0.290. The maximum absolute atomic E-state index is 10.7. The summed E-state index contributed by atoms with van der Waals surface area (Å²) in [7, 11) is 0. The first kappa shape index (κ1) is 22.5. The second-order valence-corrected chi connectivity index (χ2v) is 10.2. The number of rotatable bonds is 8. The number of nitrogens with one attached hydrogen (secondary N) is 1. The Kier molecular flexibility index (Phi) is 6.26. The van der Waals surface area contributed by atoms with Crippen LogP contribution < -0.4 is 5.32 Å². The minimum Gasteiger partial charge on any atom is -0.393 e.